The molecule has 0 amide bonds. The molecule has 0 aliphatic heterocycles. The number of nitrogens with one attached hydrogen (secondary N) is 1. The molecule has 0 bridgehead atoms. The lowest BCUT2D eigenvalue weighted by Gasteiger charge is -2.29. The number of anilines is 1. The first-order valence-corrected chi connectivity index (χ1v) is 7.75. The Kier molecular flexibility index (Phi) is 4.71. The van der Waals surface area contributed by atoms with Crippen molar-refractivity contribution in [3.8, 4) is 0 Å². The molecule has 1 aromatic heterocycles. The maximum atomic E-state index is 4.38. The van der Waals surface area contributed by atoms with E-state index in [9.17, 15) is 0 Å². The zero-order chi connectivity index (χ0) is 15.5. The summed E-state index contributed by atoms with van der Waals surface area (Å²) in [5, 5.41) is 7.94. The molecule has 21 heavy (non-hydrogen) atoms. The van der Waals surface area contributed by atoms with E-state index in [2.05, 4.69) is 81.6 Å². The Morgan fingerprint density at radius 1 is 1.14 bits per heavy atom. The molecule has 0 saturated heterocycles. The SMILES string of the molecule is CC(CC(C)(C)c1ccccc1)Nc1cnn(C(C)C)c1. The molecule has 3 nitrogen and oxygen atoms in total. The molecule has 0 radical (unpaired) electrons. The molecule has 2 aromatic rings. The summed E-state index contributed by atoms with van der Waals surface area (Å²) in [7, 11) is 0. The molecule has 2 rings (SSSR count). The minimum atomic E-state index is 0.154. The highest BCUT2D eigenvalue weighted by molar-refractivity contribution is 5.39. The van der Waals surface area contributed by atoms with Crippen LogP contribution in [0.5, 0.6) is 0 Å². The lowest BCUT2D eigenvalue weighted by atomic mass is 9.79. The standard InChI is InChI=1S/C18H27N3/c1-14(2)21-13-17(12-19-21)20-15(3)11-18(4,5)16-9-7-6-8-10-16/h6-10,12-15,20H,11H2,1-5H3. The van der Waals surface area contributed by atoms with Gasteiger partial charge in [-0.1, -0.05) is 44.2 Å². The first kappa shape index (κ1) is 15.6. The second-order valence-electron chi connectivity index (χ2n) is 6.80. The van der Waals surface area contributed by atoms with E-state index in [0.29, 0.717) is 12.1 Å². The number of rotatable bonds is 6. The van der Waals surface area contributed by atoms with Crippen molar-refractivity contribution in [2.45, 2.75) is 58.5 Å². The lowest BCUT2D eigenvalue weighted by Crippen LogP contribution is -2.27. The van der Waals surface area contributed by atoms with Gasteiger partial charge in [-0.25, -0.2) is 0 Å². The van der Waals surface area contributed by atoms with Gasteiger partial charge >= 0.3 is 0 Å². The monoisotopic (exact) mass is 285 g/mol. The molecule has 3 heteroatoms. The Morgan fingerprint density at radius 2 is 1.81 bits per heavy atom. The average Bonchev–Trinajstić information content (AvgIpc) is 2.87. The van der Waals surface area contributed by atoms with Crippen molar-refractivity contribution < 1.29 is 0 Å². The second-order valence-corrected chi connectivity index (χ2v) is 6.80. The van der Waals surface area contributed by atoms with E-state index >= 15 is 0 Å². The fraction of sp³-hybridized carbons (Fsp3) is 0.500. The van der Waals surface area contributed by atoms with Crippen molar-refractivity contribution in [2.75, 3.05) is 5.32 Å². The van der Waals surface area contributed by atoms with Crippen LogP contribution in [0.3, 0.4) is 0 Å². The van der Waals surface area contributed by atoms with Crippen LogP contribution in [0.2, 0.25) is 0 Å². The summed E-state index contributed by atoms with van der Waals surface area (Å²) in [4.78, 5) is 0. The third kappa shape index (κ3) is 4.10. The van der Waals surface area contributed by atoms with Crippen LogP contribution in [0.1, 0.15) is 52.6 Å². The number of hydrogen-bond acceptors (Lipinski definition) is 2. The van der Waals surface area contributed by atoms with Gasteiger partial charge < -0.3 is 5.32 Å². The molecule has 0 fully saturated rings. The van der Waals surface area contributed by atoms with E-state index in [1.165, 1.54) is 5.56 Å². The third-order valence-electron chi connectivity index (χ3n) is 3.92. The van der Waals surface area contributed by atoms with E-state index in [0.717, 1.165) is 12.1 Å². The van der Waals surface area contributed by atoms with Crippen LogP contribution in [0.4, 0.5) is 5.69 Å². The molecule has 1 heterocycles. The Bertz CT molecular complexity index is 555. The zero-order valence-electron chi connectivity index (χ0n) is 13.8. The van der Waals surface area contributed by atoms with E-state index in [4.69, 9.17) is 0 Å². The lowest BCUT2D eigenvalue weighted by molar-refractivity contribution is 0.450. The highest BCUT2D eigenvalue weighted by atomic mass is 15.3. The number of hydrogen-bond donors (Lipinski definition) is 1. The van der Waals surface area contributed by atoms with E-state index in [1.807, 2.05) is 10.9 Å². The Hall–Kier alpha value is -1.77. The molecule has 1 unspecified atom stereocenters. The normalized spacial score (nSPS) is 13.4. The van der Waals surface area contributed by atoms with Crippen molar-refractivity contribution in [3.05, 3.63) is 48.3 Å². The highest BCUT2D eigenvalue weighted by Gasteiger charge is 2.23. The first-order chi connectivity index (χ1) is 9.88. The number of benzene rings is 1. The largest absolute Gasteiger partial charge is 0.380 e. The Labute approximate surface area is 128 Å². The predicted octanol–water partition coefficient (Wildman–Crippen LogP) is 4.63. The molecule has 1 atom stereocenters. The summed E-state index contributed by atoms with van der Waals surface area (Å²) in [6, 6.07) is 11.5. The summed E-state index contributed by atoms with van der Waals surface area (Å²) in [6.45, 7) is 11.1. The fourth-order valence-electron chi connectivity index (χ4n) is 2.80. The van der Waals surface area contributed by atoms with Crippen LogP contribution in [0, 0.1) is 0 Å². The molecule has 0 aliphatic carbocycles. The van der Waals surface area contributed by atoms with Gasteiger partial charge in [0.05, 0.1) is 11.9 Å². The molecule has 114 valence electrons. The van der Waals surface area contributed by atoms with Crippen molar-refractivity contribution in [2.24, 2.45) is 0 Å². The fourth-order valence-corrected chi connectivity index (χ4v) is 2.80. The minimum Gasteiger partial charge on any atom is -0.380 e. The summed E-state index contributed by atoms with van der Waals surface area (Å²) in [5.41, 5.74) is 2.64. The molecule has 0 aliphatic rings. The van der Waals surface area contributed by atoms with Crippen molar-refractivity contribution >= 4 is 5.69 Å². The van der Waals surface area contributed by atoms with Gasteiger partial charge in [-0.3, -0.25) is 4.68 Å². The highest BCUT2D eigenvalue weighted by Crippen LogP contribution is 2.29. The van der Waals surface area contributed by atoms with Gasteiger partial charge in [0.2, 0.25) is 0 Å². The van der Waals surface area contributed by atoms with Gasteiger partial charge in [0.1, 0.15) is 0 Å². The van der Waals surface area contributed by atoms with E-state index < -0.39 is 0 Å². The minimum absolute atomic E-state index is 0.154. The third-order valence-corrected chi connectivity index (χ3v) is 3.92. The summed E-state index contributed by atoms with van der Waals surface area (Å²) in [6.07, 6.45) is 5.06. The molecular formula is C18H27N3. The van der Waals surface area contributed by atoms with E-state index in [1.54, 1.807) is 0 Å². The number of aromatic nitrogens is 2. The zero-order valence-corrected chi connectivity index (χ0v) is 13.8. The second kappa shape index (κ2) is 6.33. The van der Waals surface area contributed by atoms with Crippen molar-refractivity contribution in [1.29, 1.82) is 0 Å². The maximum absolute atomic E-state index is 4.38. The number of nitrogens with zero attached hydrogens (tertiary/aromatic N) is 2. The van der Waals surface area contributed by atoms with E-state index in [-0.39, 0.29) is 5.41 Å². The van der Waals surface area contributed by atoms with Crippen LogP contribution in [0.15, 0.2) is 42.7 Å². The maximum Gasteiger partial charge on any atom is 0.0728 e. The van der Waals surface area contributed by atoms with Crippen LogP contribution >= 0.6 is 0 Å². The van der Waals surface area contributed by atoms with Gasteiger partial charge in [0, 0.05) is 18.3 Å². The van der Waals surface area contributed by atoms with Crippen molar-refractivity contribution in [1.82, 2.24) is 9.78 Å². The average molecular weight is 285 g/mol. The quantitative estimate of drug-likeness (QED) is 0.838. The van der Waals surface area contributed by atoms with Gasteiger partial charge in [-0.2, -0.15) is 5.10 Å². The van der Waals surface area contributed by atoms with Gasteiger partial charge in [0.15, 0.2) is 0 Å². The molecule has 1 aromatic carbocycles. The van der Waals surface area contributed by atoms with Gasteiger partial charge in [-0.05, 0) is 38.2 Å². The van der Waals surface area contributed by atoms with Gasteiger partial charge in [0.25, 0.3) is 0 Å². The Morgan fingerprint density at radius 3 is 2.38 bits per heavy atom. The molecule has 1 N–H and O–H groups in total. The molecular weight excluding hydrogens is 258 g/mol. The predicted molar refractivity (Wildman–Crippen MR) is 89.8 cm³/mol. The summed E-state index contributed by atoms with van der Waals surface area (Å²) < 4.78 is 1.98. The van der Waals surface area contributed by atoms with Crippen LogP contribution in [0.25, 0.3) is 0 Å². The van der Waals surface area contributed by atoms with Crippen LogP contribution in [-0.2, 0) is 5.41 Å². The smallest absolute Gasteiger partial charge is 0.0728 e. The van der Waals surface area contributed by atoms with Crippen LogP contribution in [-0.4, -0.2) is 15.8 Å². The topological polar surface area (TPSA) is 29.9 Å². The summed E-state index contributed by atoms with van der Waals surface area (Å²) in [5.74, 6) is 0. The molecule has 0 saturated carbocycles. The van der Waals surface area contributed by atoms with Crippen molar-refractivity contribution in [3.63, 3.8) is 0 Å². The molecule has 0 spiro atoms. The Balaban J connectivity index is 1.99. The first-order valence-electron chi connectivity index (χ1n) is 7.75. The van der Waals surface area contributed by atoms with Gasteiger partial charge in [-0.15, -0.1) is 0 Å². The van der Waals surface area contributed by atoms with Crippen LogP contribution < -0.4 is 5.32 Å². The summed E-state index contributed by atoms with van der Waals surface area (Å²) >= 11 is 0.